The molecule has 0 radical (unpaired) electrons. The van der Waals surface area contributed by atoms with E-state index in [1.165, 1.54) is 31.4 Å². The maximum absolute atomic E-state index is 12.9. The Morgan fingerprint density at radius 2 is 1.86 bits per heavy atom. The van der Waals surface area contributed by atoms with E-state index in [1.54, 1.807) is 24.3 Å². The van der Waals surface area contributed by atoms with Gasteiger partial charge in [0.15, 0.2) is 5.78 Å². The lowest BCUT2D eigenvalue weighted by Gasteiger charge is -2.12. The first kappa shape index (κ1) is 15.7. The second-order valence-corrected chi connectivity index (χ2v) is 4.80. The van der Waals surface area contributed by atoms with Gasteiger partial charge in [0.1, 0.15) is 11.6 Å². The van der Waals surface area contributed by atoms with Crippen molar-refractivity contribution in [2.75, 3.05) is 7.11 Å². The Kier molecular flexibility index (Phi) is 4.88. The number of carbonyl (C=O) groups is 2. The number of Topliss-reactive ketones (excluding diaryl/α,β-unsaturated/α-hetero) is 1. The smallest absolute Gasteiger partial charge is 0.311 e. The molecule has 0 bridgehead atoms. The van der Waals surface area contributed by atoms with Crippen LogP contribution in [-0.4, -0.2) is 24.0 Å². The van der Waals surface area contributed by atoms with Crippen LogP contribution < -0.4 is 4.74 Å². The molecule has 0 aromatic heterocycles. The lowest BCUT2D eigenvalue weighted by Crippen LogP contribution is -2.16. The maximum Gasteiger partial charge on any atom is 0.311 e. The minimum Gasteiger partial charge on any atom is -0.497 e. The molecule has 0 unspecified atom stereocenters. The van der Waals surface area contributed by atoms with E-state index in [9.17, 15) is 19.1 Å². The molecular formula is C17H15FO4. The Labute approximate surface area is 127 Å². The summed E-state index contributed by atoms with van der Waals surface area (Å²) in [4.78, 5) is 23.7. The largest absolute Gasteiger partial charge is 0.497 e. The maximum atomic E-state index is 12.9. The first-order chi connectivity index (χ1) is 10.5. The van der Waals surface area contributed by atoms with Gasteiger partial charge >= 0.3 is 5.97 Å². The van der Waals surface area contributed by atoms with Crippen molar-refractivity contribution in [2.45, 2.75) is 12.3 Å². The molecule has 4 nitrogen and oxygen atoms in total. The van der Waals surface area contributed by atoms with Crippen molar-refractivity contribution in [3.63, 3.8) is 0 Å². The van der Waals surface area contributed by atoms with Crippen molar-refractivity contribution in [3.8, 4) is 5.75 Å². The summed E-state index contributed by atoms with van der Waals surface area (Å²) in [5.41, 5.74) is 0.776. The van der Waals surface area contributed by atoms with E-state index in [-0.39, 0.29) is 12.2 Å². The number of ether oxygens (including phenoxy) is 1. The van der Waals surface area contributed by atoms with E-state index in [4.69, 9.17) is 4.74 Å². The predicted molar refractivity (Wildman–Crippen MR) is 78.7 cm³/mol. The highest BCUT2D eigenvalue weighted by Crippen LogP contribution is 2.24. The number of halogens is 1. The van der Waals surface area contributed by atoms with E-state index < -0.39 is 17.7 Å². The van der Waals surface area contributed by atoms with Crippen LogP contribution in [0.5, 0.6) is 5.75 Å². The molecular weight excluding hydrogens is 287 g/mol. The zero-order valence-corrected chi connectivity index (χ0v) is 12.0. The number of hydrogen-bond donors (Lipinski definition) is 1. The fourth-order valence-corrected chi connectivity index (χ4v) is 2.14. The molecule has 0 heterocycles. The van der Waals surface area contributed by atoms with Crippen LogP contribution in [0.4, 0.5) is 4.39 Å². The number of ketones is 1. The Morgan fingerprint density at radius 1 is 1.18 bits per heavy atom. The Balaban J connectivity index is 2.22. The molecule has 1 N–H and O–H groups in total. The standard InChI is InChI=1S/C17H15FO4/c1-22-14-4-2-3-12(9-14)16(19)10-15(17(20)21)11-5-7-13(18)8-6-11/h2-9,15H,10H2,1H3,(H,20,21)/t15-/m0/s1. The Hall–Kier alpha value is -2.69. The molecule has 0 aliphatic carbocycles. The summed E-state index contributed by atoms with van der Waals surface area (Å²) in [6, 6.07) is 11.7. The number of carboxylic acid groups (broad SMARTS) is 1. The number of aliphatic carboxylic acids is 1. The molecule has 2 aromatic rings. The summed E-state index contributed by atoms with van der Waals surface area (Å²) in [5.74, 6) is -2.37. The van der Waals surface area contributed by atoms with Gasteiger partial charge in [-0.2, -0.15) is 0 Å². The van der Waals surface area contributed by atoms with Crippen LogP contribution in [0.25, 0.3) is 0 Å². The van der Waals surface area contributed by atoms with E-state index in [2.05, 4.69) is 0 Å². The zero-order valence-electron chi connectivity index (χ0n) is 12.0. The Morgan fingerprint density at radius 3 is 2.45 bits per heavy atom. The first-order valence-corrected chi connectivity index (χ1v) is 6.67. The fraction of sp³-hybridized carbons (Fsp3) is 0.176. The molecule has 0 saturated carbocycles. The summed E-state index contributed by atoms with van der Waals surface area (Å²) in [6.45, 7) is 0. The quantitative estimate of drug-likeness (QED) is 0.832. The van der Waals surface area contributed by atoms with Gasteiger partial charge in [0, 0.05) is 12.0 Å². The second-order valence-electron chi connectivity index (χ2n) is 4.80. The van der Waals surface area contributed by atoms with Gasteiger partial charge in [-0.15, -0.1) is 0 Å². The van der Waals surface area contributed by atoms with Crippen molar-refractivity contribution >= 4 is 11.8 Å². The molecule has 0 fully saturated rings. The summed E-state index contributed by atoms with van der Waals surface area (Å²) in [5, 5.41) is 9.32. The molecule has 114 valence electrons. The minimum atomic E-state index is -1.12. The lowest BCUT2D eigenvalue weighted by atomic mass is 9.91. The summed E-state index contributed by atoms with van der Waals surface area (Å²) < 4.78 is 18.0. The molecule has 0 saturated heterocycles. The van der Waals surface area contributed by atoms with Gasteiger partial charge < -0.3 is 9.84 Å². The van der Waals surface area contributed by atoms with Crippen molar-refractivity contribution in [3.05, 3.63) is 65.5 Å². The molecule has 2 rings (SSSR count). The lowest BCUT2D eigenvalue weighted by molar-refractivity contribution is -0.138. The number of methoxy groups -OCH3 is 1. The van der Waals surface area contributed by atoms with E-state index >= 15 is 0 Å². The highest BCUT2D eigenvalue weighted by atomic mass is 19.1. The molecule has 0 aliphatic rings. The molecule has 0 amide bonds. The molecule has 5 heteroatoms. The van der Waals surface area contributed by atoms with Gasteiger partial charge in [-0.1, -0.05) is 24.3 Å². The van der Waals surface area contributed by atoms with Crippen molar-refractivity contribution < 1.29 is 23.8 Å². The molecule has 2 aromatic carbocycles. The van der Waals surface area contributed by atoms with Crippen LogP contribution >= 0.6 is 0 Å². The van der Waals surface area contributed by atoms with Crippen LogP contribution in [-0.2, 0) is 4.79 Å². The third-order valence-electron chi connectivity index (χ3n) is 3.35. The van der Waals surface area contributed by atoms with Gasteiger partial charge in [0.05, 0.1) is 13.0 Å². The van der Waals surface area contributed by atoms with Gasteiger partial charge in [-0.05, 0) is 29.8 Å². The summed E-state index contributed by atoms with van der Waals surface area (Å²) in [7, 11) is 1.49. The van der Waals surface area contributed by atoms with Crippen molar-refractivity contribution in [2.24, 2.45) is 0 Å². The third kappa shape index (κ3) is 3.69. The molecule has 1 atom stereocenters. The van der Waals surface area contributed by atoms with Crippen LogP contribution in [0.15, 0.2) is 48.5 Å². The van der Waals surface area contributed by atoms with Gasteiger partial charge in [-0.25, -0.2) is 4.39 Å². The van der Waals surface area contributed by atoms with Crippen molar-refractivity contribution in [1.29, 1.82) is 0 Å². The number of carboxylic acids is 1. The normalized spacial score (nSPS) is 11.7. The number of hydrogen-bond acceptors (Lipinski definition) is 3. The van der Waals surface area contributed by atoms with E-state index in [0.717, 1.165) is 0 Å². The highest BCUT2D eigenvalue weighted by Gasteiger charge is 2.24. The van der Waals surface area contributed by atoms with Crippen LogP contribution in [0.3, 0.4) is 0 Å². The van der Waals surface area contributed by atoms with E-state index in [0.29, 0.717) is 16.9 Å². The van der Waals surface area contributed by atoms with Crippen LogP contribution in [0.2, 0.25) is 0 Å². The SMILES string of the molecule is COc1cccc(C(=O)C[C@H](C(=O)O)c2ccc(F)cc2)c1. The molecule has 0 aliphatic heterocycles. The summed E-state index contributed by atoms with van der Waals surface area (Å²) in [6.07, 6.45) is -0.200. The monoisotopic (exact) mass is 302 g/mol. The average Bonchev–Trinajstić information content (AvgIpc) is 2.53. The third-order valence-corrected chi connectivity index (χ3v) is 3.35. The van der Waals surface area contributed by atoms with Crippen LogP contribution in [0, 0.1) is 5.82 Å². The fourth-order valence-electron chi connectivity index (χ4n) is 2.14. The van der Waals surface area contributed by atoms with Gasteiger partial charge in [0.2, 0.25) is 0 Å². The number of carbonyl (C=O) groups excluding carboxylic acids is 1. The average molecular weight is 302 g/mol. The first-order valence-electron chi connectivity index (χ1n) is 6.67. The Bertz CT molecular complexity index is 679. The molecule has 0 spiro atoms. The summed E-state index contributed by atoms with van der Waals surface area (Å²) >= 11 is 0. The van der Waals surface area contributed by atoms with Crippen molar-refractivity contribution in [1.82, 2.24) is 0 Å². The number of rotatable bonds is 6. The van der Waals surface area contributed by atoms with Gasteiger partial charge in [-0.3, -0.25) is 9.59 Å². The minimum absolute atomic E-state index is 0.200. The highest BCUT2D eigenvalue weighted by molar-refractivity contribution is 5.99. The number of benzene rings is 2. The zero-order chi connectivity index (χ0) is 16.1. The van der Waals surface area contributed by atoms with Crippen LogP contribution in [0.1, 0.15) is 28.3 Å². The topological polar surface area (TPSA) is 63.6 Å². The second kappa shape index (κ2) is 6.85. The molecule has 22 heavy (non-hydrogen) atoms. The van der Waals surface area contributed by atoms with E-state index in [1.807, 2.05) is 0 Å². The predicted octanol–water partition coefficient (Wildman–Crippen LogP) is 3.28. The van der Waals surface area contributed by atoms with Gasteiger partial charge in [0.25, 0.3) is 0 Å².